The first-order valence-corrected chi connectivity index (χ1v) is 6.81. The molecule has 2 N–H and O–H groups in total. The van der Waals surface area contributed by atoms with Crippen molar-refractivity contribution in [3.8, 4) is 5.75 Å². The Labute approximate surface area is 114 Å². The monoisotopic (exact) mass is 262 g/mol. The summed E-state index contributed by atoms with van der Waals surface area (Å²) in [7, 11) is 1.67. The summed E-state index contributed by atoms with van der Waals surface area (Å²) >= 11 is 0. The van der Waals surface area contributed by atoms with Crippen molar-refractivity contribution >= 4 is 5.91 Å². The molecular formula is C15H22N2O2. The zero-order valence-electron chi connectivity index (χ0n) is 11.5. The van der Waals surface area contributed by atoms with Crippen LogP contribution in [0.2, 0.25) is 0 Å². The van der Waals surface area contributed by atoms with Gasteiger partial charge in [0.25, 0.3) is 0 Å². The molecule has 1 aromatic rings. The second-order valence-corrected chi connectivity index (χ2v) is 5.26. The van der Waals surface area contributed by atoms with Gasteiger partial charge in [-0.15, -0.1) is 0 Å². The third kappa shape index (κ3) is 4.24. The summed E-state index contributed by atoms with van der Waals surface area (Å²) in [6.07, 6.45) is 2.77. The number of ether oxygens (including phenoxy) is 1. The fourth-order valence-electron chi connectivity index (χ4n) is 2.74. The zero-order chi connectivity index (χ0) is 13.7. The highest BCUT2D eigenvalue weighted by Gasteiger charge is 2.21. The summed E-state index contributed by atoms with van der Waals surface area (Å²) in [4.78, 5) is 13.4. The molecule has 104 valence electrons. The molecule has 1 atom stereocenters. The van der Waals surface area contributed by atoms with Crippen molar-refractivity contribution in [2.45, 2.75) is 25.8 Å². The van der Waals surface area contributed by atoms with E-state index in [2.05, 4.69) is 17.0 Å². The minimum atomic E-state index is -0.184. The summed E-state index contributed by atoms with van der Waals surface area (Å²) in [6.45, 7) is 3.00. The van der Waals surface area contributed by atoms with Crippen LogP contribution in [0.15, 0.2) is 24.3 Å². The lowest BCUT2D eigenvalue weighted by Gasteiger charge is -2.32. The first-order valence-electron chi connectivity index (χ1n) is 6.81. The standard InChI is InChI=1S/C15H22N2O2/c1-19-14-6-4-12(5-7-14)10-17-8-2-3-13(11-17)9-15(16)18/h4-7,13H,2-3,8-11H2,1H3,(H2,16,18)/t13-/m1/s1. The van der Waals surface area contributed by atoms with Gasteiger partial charge in [-0.2, -0.15) is 0 Å². The van der Waals surface area contributed by atoms with Crippen LogP contribution in [0, 0.1) is 5.92 Å². The van der Waals surface area contributed by atoms with Crippen LogP contribution in [0.1, 0.15) is 24.8 Å². The highest BCUT2D eigenvalue weighted by atomic mass is 16.5. The van der Waals surface area contributed by atoms with E-state index in [1.807, 2.05) is 12.1 Å². The number of likely N-dealkylation sites (tertiary alicyclic amines) is 1. The van der Waals surface area contributed by atoms with Crippen molar-refractivity contribution in [2.24, 2.45) is 11.7 Å². The molecule has 4 nitrogen and oxygen atoms in total. The van der Waals surface area contributed by atoms with Gasteiger partial charge in [-0.1, -0.05) is 12.1 Å². The van der Waals surface area contributed by atoms with Crippen molar-refractivity contribution < 1.29 is 9.53 Å². The summed E-state index contributed by atoms with van der Waals surface area (Å²) in [6, 6.07) is 8.16. The molecule has 0 bridgehead atoms. The van der Waals surface area contributed by atoms with Gasteiger partial charge >= 0.3 is 0 Å². The summed E-state index contributed by atoms with van der Waals surface area (Å²) < 4.78 is 5.15. The Balaban J connectivity index is 1.88. The minimum absolute atomic E-state index is 0.184. The summed E-state index contributed by atoms with van der Waals surface area (Å²) in [5.41, 5.74) is 6.56. The summed E-state index contributed by atoms with van der Waals surface area (Å²) in [5.74, 6) is 1.12. The van der Waals surface area contributed by atoms with Crippen molar-refractivity contribution in [3.63, 3.8) is 0 Å². The van der Waals surface area contributed by atoms with Crippen LogP contribution < -0.4 is 10.5 Å². The molecule has 0 aliphatic carbocycles. The molecule has 0 saturated carbocycles. The van der Waals surface area contributed by atoms with E-state index < -0.39 is 0 Å². The Morgan fingerprint density at radius 3 is 2.79 bits per heavy atom. The minimum Gasteiger partial charge on any atom is -0.497 e. The average Bonchev–Trinajstić information content (AvgIpc) is 2.39. The lowest BCUT2D eigenvalue weighted by molar-refractivity contribution is -0.119. The van der Waals surface area contributed by atoms with E-state index in [1.165, 1.54) is 5.56 Å². The molecule has 1 aliphatic heterocycles. The number of hydrogen-bond acceptors (Lipinski definition) is 3. The van der Waals surface area contributed by atoms with E-state index in [9.17, 15) is 4.79 Å². The third-order valence-electron chi connectivity index (χ3n) is 3.66. The lowest BCUT2D eigenvalue weighted by Crippen LogP contribution is -2.36. The largest absolute Gasteiger partial charge is 0.497 e. The number of rotatable bonds is 5. The van der Waals surface area contributed by atoms with Gasteiger partial charge in [0, 0.05) is 19.5 Å². The number of methoxy groups -OCH3 is 1. The van der Waals surface area contributed by atoms with E-state index in [0.717, 1.165) is 38.2 Å². The molecule has 4 heteroatoms. The van der Waals surface area contributed by atoms with E-state index in [0.29, 0.717) is 12.3 Å². The lowest BCUT2D eigenvalue weighted by atomic mass is 9.94. The fraction of sp³-hybridized carbons (Fsp3) is 0.533. The molecule has 2 rings (SSSR count). The maximum absolute atomic E-state index is 11.0. The number of carbonyl (C=O) groups is 1. The smallest absolute Gasteiger partial charge is 0.217 e. The van der Waals surface area contributed by atoms with Crippen molar-refractivity contribution in [3.05, 3.63) is 29.8 Å². The maximum Gasteiger partial charge on any atom is 0.217 e. The van der Waals surface area contributed by atoms with Crippen molar-refractivity contribution in [1.29, 1.82) is 0 Å². The Morgan fingerprint density at radius 2 is 2.16 bits per heavy atom. The molecule has 0 radical (unpaired) electrons. The predicted octanol–water partition coefficient (Wildman–Crippen LogP) is 1.78. The van der Waals surface area contributed by atoms with Gasteiger partial charge in [0.1, 0.15) is 5.75 Å². The van der Waals surface area contributed by atoms with Gasteiger partial charge in [0.15, 0.2) is 0 Å². The molecule has 19 heavy (non-hydrogen) atoms. The normalized spacial score (nSPS) is 20.2. The van der Waals surface area contributed by atoms with Crippen molar-refractivity contribution in [1.82, 2.24) is 4.90 Å². The van der Waals surface area contributed by atoms with Gasteiger partial charge in [-0.25, -0.2) is 0 Å². The highest BCUT2D eigenvalue weighted by molar-refractivity contribution is 5.74. The SMILES string of the molecule is COc1ccc(CN2CCC[C@H](CC(N)=O)C2)cc1. The van der Waals surface area contributed by atoms with E-state index in [4.69, 9.17) is 10.5 Å². The Hall–Kier alpha value is -1.55. The molecule has 0 aromatic heterocycles. The van der Waals surface area contributed by atoms with Gasteiger partial charge in [-0.05, 0) is 43.0 Å². The molecule has 1 aromatic carbocycles. The van der Waals surface area contributed by atoms with Crippen LogP contribution in [0.4, 0.5) is 0 Å². The zero-order valence-corrected chi connectivity index (χ0v) is 11.5. The topological polar surface area (TPSA) is 55.6 Å². The van der Waals surface area contributed by atoms with Crippen LogP contribution >= 0.6 is 0 Å². The third-order valence-corrected chi connectivity index (χ3v) is 3.66. The molecular weight excluding hydrogens is 240 g/mol. The first kappa shape index (κ1) is 13.9. The number of benzene rings is 1. The number of nitrogens with zero attached hydrogens (tertiary/aromatic N) is 1. The molecule has 1 fully saturated rings. The number of primary amides is 1. The molecule has 1 saturated heterocycles. The molecule has 1 aliphatic rings. The molecule has 1 amide bonds. The van der Waals surface area contributed by atoms with Crippen LogP contribution in [-0.2, 0) is 11.3 Å². The molecule has 0 unspecified atom stereocenters. The van der Waals surface area contributed by atoms with Gasteiger partial charge < -0.3 is 10.5 Å². The summed E-state index contributed by atoms with van der Waals surface area (Å²) in [5, 5.41) is 0. The first-order chi connectivity index (χ1) is 9.17. The number of hydrogen-bond donors (Lipinski definition) is 1. The Kier molecular flexibility index (Phi) is 4.80. The second kappa shape index (κ2) is 6.57. The second-order valence-electron chi connectivity index (χ2n) is 5.26. The van der Waals surface area contributed by atoms with E-state index in [1.54, 1.807) is 7.11 Å². The quantitative estimate of drug-likeness (QED) is 0.880. The highest BCUT2D eigenvalue weighted by Crippen LogP contribution is 2.21. The maximum atomic E-state index is 11.0. The van der Waals surface area contributed by atoms with Crippen LogP contribution in [0.5, 0.6) is 5.75 Å². The molecule has 1 heterocycles. The van der Waals surface area contributed by atoms with E-state index in [-0.39, 0.29) is 5.91 Å². The number of carbonyl (C=O) groups excluding carboxylic acids is 1. The number of amides is 1. The Bertz CT molecular complexity index is 417. The van der Waals surface area contributed by atoms with Crippen LogP contribution in [-0.4, -0.2) is 31.0 Å². The van der Waals surface area contributed by atoms with Crippen LogP contribution in [0.25, 0.3) is 0 Å². The molecule has 0 spiro atoms. The predicted molar refractivity (Wildman–Crippen MR) is 74.8 cm³/mol. The van der Waals surface area contributed by atoms with Crippen molar-refractivity contribution in [2.75, 3.05) is 20.2 Å². The number of nitrogens with two attached hydrogens (primary N) is 1. The average molecular weight is 262 g/mol. The van der Waals surface area contributed by atoms with Gasteiger partial charge in [0.05, 0.1) is 7.11 Å². The van der Waals surface area contributed by atoms with Crippen LogP contribution in [0.3, 0.4) is 0 Å². The fourth-order valence-corrected chi connectivity index (χ4v) is 2.74. The number of piperidine rings is 1. The Morgan fingerprint density at radius 1 is 1.42 bits per heavy atom. The van der Waals surface area contributed by atoms with Gasteiger partial charge in [-0.3, -0.25) is 9.69 Å². The van der Waals surface area contributed by atoms with E-state index >= 15 is 0 Å². The van der Waals surface area contributed by atoms with Gasteiger partial charge in [0.2, 0.25) is 5.91 Å².